The van der Waals surface area contributed by atoms with Gasteiger partial charge in [0.1, 0.15) is 0 Å². The first-order valence-electron chi connectivity index (χ1n) is 5.15. The van der Waals surface area contributed by atoms with Gasteiger partial charge in [0, 0.05) is 19.2 Å². The van der Waals surface area contributed by atoms with E-state index in [1.165, 1.54) is 28.4 Å². The molecule has 0 fully saturated rings. The minimum Gasteiger partial charge on any atom is -0.493 e. The number of nitrogens with one attached hydrogen (secondary N) is 1. The molecule has 18 heavy (non-hydrogen) atoms. The van der Waals surface area contributed by atoms with Crippen LogP contribution in [-0.2, 0) is 0 Å². The number of rotatable bonds is 4. The Morgan fingerprint density at radius 2 is 1.67 bits per heavy atom. The molecule has 0 saturated heterocycles. The molecule has 7 nitrogen and oxygen atoms in total. The Bertz CT molecular complexity index is 411. The highest BCUT2D eigenvalue weighted by Crippen LogP contribution is 2.40. The molecule has 1 rings (SSSR count). The van der Waals surface area contributed by atoms with Crippen LogP contribution in [0, 0.1) is 0 Å². The van der Waals surface area contributed by atoms with Crippen molar-refractivity contribution in [3.05, 3.63) is 12.1 Å². The molecule has 0 spiro atoms. The van der Waals surface area contributed by atoms with Crippen molar-refractivity contribution in [2.75, 3.05) is 33.4 Å². The number of carbonyl (C=O) groups excluding carboxylic acids is 1. The second-order valence-electron chi connectivity index (χ2n) is 3.31. The second kappa shape index (κ2) is 5.97. The van der Waals surface area contributed by atoms with Gasteiger partial charge in [-0.25, -0.2) is 15.6 Å². The Balaban J connectivity index is 3.27. The van der Waals surface area contributed by atoms with E-state index < -0.39 is 6.03 Å². The smallest absolute Gasteiger partial charge is 0.336 e. The van der Waals surface area contributed by atoms with Crippen molar-refractivity contribution >= 4 is 11.7 Å². The fraction of sp³-hybridized carbons (Fsp3) is 0.364. The van der Waals surface area contributed by atoms with Crippen molar-refractivity contribution in [1.82, 2.24) is 5.32 Å². The molecule has 0 aliphatic carbocycles. The molecular weight excluding hydrogens is 238 g/mol. The largest absolute Gasteiger partial charge is 0.493 e. The zero-order valence-corrected chi connectivity index (χ0v) is 10.8. The van der Waals surface area contributed by atoms with E-state index in [-0.39, 0.29) is 0 Å². The number of ether oxygens (including phenoxy) is 3. The molecule has 0 atom stereocenters. The van der Waals surface area contributed by atoms with Crippen LogP contribution in [0.2, 0.25) is 0 Å². The summed E-state index contributed by atoms with van der Waals surface area (Å²) in [6.07, 6.45) is 0. The average molecular weight is 255 g/mol. The number of methoxy groups -OCH3 is 3. The van der Waals surface area contributed by atoms with Crippen molar-refractivity contribution in [2.45, 2.75) is 0 Å². The second-order valence-corrected chi connectivity index (χ2v) is 3.31. The Labute approximate surface area is 105 Å². The third kappa shape index (κ3) is 2.57. The molecule has 0 unspecified atom stereocenters. The van der Waals surface area contributed by atoms with E-state index in [1.54, 1.807) is 12.1 Å². The highest BCUT2D eigenvalue weighted by atomic mass is 16.5. The summed E-state index contributed by atoms with van der Waals surface area (Å²) in [5.41, 5.74) is 0.420. The number of urea groups is 1. The van der Waals surface area contributed by atoms with Crippen LogP contribution in [-0.4, -0.2) is 34.4 Å². The van der Waals surface area contributed by atoms with E-state index in [4.69, 9.17) is 20.1 Å². The fourth-order valence-corrected chi connectivity index (χ4v) is 1.44. The Hall–Kier alpha value is -2.15. The minimum absolute atomic E-state index is 0.420. The van der Waals surface area contributed by atoms with Crippen molar-refractivity contribution in [2.24, 2.45) is 5.84 Å². The molecule has 0 bridgehead atoms. The zero-order chi connectivity index (χ0) is 13.7. The van der Waals surface area contributed by atoms with E-state index in [0.29, 0.717) is 22.9 Å². The maximum Gasteiger partial charge on any atom is 0.336 e. The average Bonchev–Trinajstić information content (AvgIpc) is 2.43. The van der Waals surface area contributed by atoms with E-state index in [9.17, 15) is 4.79 Å². The highest BCUT2D eigenvalue weighted by Gasteiger charge is 2.17. The summed E-state index contributed by atoms with van der Waals surface area (Å²) in [7, 11) is 5.96. The van der Waals surface area contributed by atoms with E-state index in [2.05, 4.69) is 5.32 Å². The number of hydrazine groups is 1. The molecule has 100 valence electrons. The molecule has 1 aromatic carbocycles. The first-order chi connectivity index (χ1) is 8.58. The molecule has 0 radical (unpaired) electrons. The van der Waals surface area contributed by atoms with Gasteiger partial charge in [-0.3, -0.25) is 0 Å². The SMILES string of the molecule is CNC(=O)N(N)c1cc(OC)c(OC)c(OC)c1. The van der Waals surface area contributed by atoms with Gasteiger partial charge in [0.25, 0.3) is 0 Å². The number of amides is 2. The van der Waals surface area contributed by atoms with Crippen LogP contribution in [0.25, 0.3) is 0 Å². The van der Waals surface area contributed by atoms with Crippen molar-refractivity contribution in [1.29, 1.82) is 0 Å². The molecule has 1 aromatic rings. The summed E-state index contributed by atoms with van der Waals surface area (Å²) < 4.78 is 15.5. The molecule has 7 heteroatoms. The van der Waals surface area contributed by atoms with Crippen LogP contribution in [0.3, 0.4) is 0 Å². The molecule has 3 N–H and O–H groups in total. The lowest BCUT2D eigenvalue weighted by atomic mass is 10.2. The highest BCUT2D eigenvalue weighted by molar-refractivity contribution is 5.91. The maximum atomic E-state index is 11.4. The standard InChI is InChI=1S/C11H17N3O4/c1-13-11(15)14(12)7-5-8(16-2)10(18-4)9(6-7)17-3/h5-6H,12H2,1-4H3,(H,13,15). The van der Waals surface area contributed by atoms with Gasteiger partial charge in [-0.15, -0.1) is 0 Å². The van der Waals surface area contributed by atoms with Gasteiger partial charge in [-0.1, -0.05) is 0 Å². The summed E-state index contributed by atoms with van der Waals surface area (Å²) in [6.45, 7) is 0. The maximum absolute atomic E-state index is 11.4. The van der Waals surface area contributed by atoms with Crippen LogP contribution in [0.4, 0.5) is 10.5 Å². The monoisotopic (exact) mass is 255 g/mol. The van der Waals surface area contributed by atoms with E-state index >= 15 is 0 Å². The normalized spacial score (nSPS) is 9.61. The third-order valence-electron chi connectivity index (χ3n) is 2.36. The van der Waals surface area contributed by atoms with Gasteiger partial charge in [0.05, 0.1) is 27.0 Å². The van der Waals surface area contributed by atoms with Crippen LogP contribution in [0.15, 0.2) is 12.1 Å². The molecule has 0 saturated carbocycles. The predicted octanol–water partition coefficient (Wildman–Crippen LogP) is 0.732. The van der Waals surface area contributed by atoms with Gasteiger partial charge >= 0.3 is 6.03 Å². The lowest BCUT2D eigenvalue weighted by Crippen LogP contribution is -2.43. The fourth-order valence-electron chi connectivity index (χ4n) is 1.44. The number of nitrogens with zero attached hydrogens (tertiary/aromatic N) is 1. The number of carbonyl (C=O) groups is 1. The quantitative estimate of drug-likeness (QED) is 0.470. The van der Waals surface area contributed by atoms with Crippen molar-refractivity contribution < 1.29 is 19.0 Å². The van der Waals surface area contributed by atoms with Crippen LogP contribution < -0.4 is 30.4 Å². The Kier molecular flexibility index (Phi) is 4.61. The van der Waals surface area contributed by atoms with Crippen LogP contribution in [0.5, 0.6) is 17.2 Å². The molecule has 2 amide bonds. The summed E-state index contributed by atoms with van der Waals surface area (Å²) in [6, 6.07) is 2.71. The molecule has 0 aromatic heterocycles. The van der Waals surface area contributed by atoms with Gasteiger partial charge < -0.3 is 19.5 Å². The number of nitrogens with two attached hydrogens (primary N) is 1. The lowest BCUT2D eigenvalue weighted by Gasteiger charge is -2.19. The number of hydrogen-bond acceptors (Lipinski definition) is 5. The van der Waals surface area contributed by atoms with Gasteiger partial charge in [-0.05, 0) is 0 Å². The Morgan fingerprint density at radius 1 is 1.17 bits per heavy atom. The van der Waals surface area contributed by atoms with E-state index in [0.717, 1.165) is 5.01 Å². The lowest BCUT2D eigenvalue weighted by molar-refractivity contribution is 0.248. The summed E-state index contributed by atoms with van der Waals surface area (Å²) >= 11 is 0. The minimum atomic E-state index is -0.454. The molecular formula is C11H17N3O4. The molecule has 0 aliphatic rings. The first kappa shape index (κ1) is 13.9. The van der Waals surface area contributed by atoms with E-state index in [1.807, 2.05) is 0 Å². The Morgan fingerprint density at radius 3 is 2.00 bits per heavy atom. The van der Waals surface area contributed by atoms with Crippen LogP contribution >= 0.6 is 0 Å². The van der Waals surface area contributed by atoms with Crippen LogP contribution in [0.1, 0.15) is 0 Å². The summed E-state index contributed by atoms with van der Waals surface area (Å²) in [4.78, 5) is 11.4. The number of benzene rings is 1. The summed E-state index contributed by atoms with van der Waals surface area (Å²) in [5.74, 6) is 6.94. The topological polar surface area (TPSA) is 86.1 Å². The molecule has 0 heterocycles. The van der Waals surface area contributed by atoms with Gasteiger partial charge in [0.2, 0.25) is 5.75 Å². The van der Waals surface area contributed by atoms with Gasteiger partial charge in [-0.2, -0.15) is 0 Å². The van der Waals surface area contributed by atoms with Crippen molar-refractivity contribution in [3.63, 3.8) is 0 Å². The number of anilines is 1. The van der Waals surface area contributed by atoms with Crippen molar-refractivity contribution in [3.8, 4) is 17.2 Å². The first-order valence-corrected chi connectivity index (χ1v) is 5.15. The predicted molar refractivity (Wildman–Crippen MR) is 67.2 cm³/mol. The third-order valence-corrected chi connectivity index (χ3v) is 2.36. The zero-order valence-electron chi connectivity index (χ0n) is 10.8. The molecule has 0 aliphatic heterocycles. The summed E-state index contributed by atoms with van der Waals surface area (Å²) in [5, 5.41) is 3.36. The number of hydrogen-bond donors (Lipinski definition) is 2. The van der Waals surface area contributed by atoms with Gasteiger partial charge in [0.15, 0.2) is 11.5 Å².